The van der Waals surface area contributed by atoms with Crippen LogP contribution in [-0.4, -0.2) is 25.2 Å². The molecule has 0 saturated carbocycles. The van der Waals surface area contributed by atoms with Crippen molar-refractivity contribution in [3.05, 3.63) is 118 Å². The molecular weight excluding hydrogens is 648 g/mol. The second-order valence-electron chi connectivity index (χ2n) is 12.0. The maximum Gasteiger partial charge on any atom is 0.343 e. The van der Waals surface area contributed by atoms with Gasteiger partial charge < -0.3 is 14.2 Å². The van der Waals surface area contributed by atoms with Crippen molar-refractivity contribution in [2.45, 2.75) is 65.7 Å². The fraction of sp³-hybridized carbons (Fsp3) is 0.317. The molecule has 262 valence electrons. The maximum absolute atomic E-state index is 15.1. The van der Waals surface area contributed by atoms with E-state index in [0.717, 1.165) is 25.7 Å². The van der Waals surface area contributed by atoms with Crippen LogP contribution in [0.15, 0.2) is 72.8 Å². The Morgan fingerprint density at radius 3 is 1.84 bits per heavy atom. The van der Waals surface area contributed by atoms with Crippen LogP contribution in [0.25, 0.3) is 11.1 Å². The van der Waals surface area contributed by atoms with E-state index in [1.54, 1.807) is 0 Å². The summed E-state index contributed by atoms with van der Waals surface area (Å²) in [6.45, 7) is 6.93. The highest BCUT2D eigenvalue weighted by Gasteiger charge is 2.25. The van der Waals surface area contributed by atoms with Crippen molar-refractivity contribution in [3.8, 4) is 34.5 Å². The smallest absolute Gasteiger partial charge is 0.343 e. The standard InChI is InChI=1S/C41H40F4O5/c1-4-6-7-8-9-10-25-48-32-20-16-29(17-21-32)35-38(44)36(42)34(37(43)39(35)45)24-13-28-11-14-31(15-12-28)41(47)50-33-22-18-30(19-23-33)40(46)49-26-27(3)5-2/h11-12,14-23,27H,4-10,25-26H2,1-3H3/t27-/m1/s1. The Kier molecular flexibility index (Phi) is 14.0. The Bertz CT molecular complexity index is 1780. The van der Waals surface area contributed by atoms with Gasteiger partial charge in [-0.1, -0.05) is 83.3 Å². The van der Waals surface area contributed by atoms with Crippen molar-refractivity contribution in [2.75, 3.05) is 13.2 Å². The Morgan fingerprint density at radius 2 is 1.22 bits per heavy atom. The Balaban J connectivity index is 1.38. The van der Waals surface area contributed by atoms with E-state index in [0.29, 0.717) is 24.5 Å². The molecular formula is C41H40F4O5. The summed E-state index contributed by atoms with van der Waals surface area (Å²) in [4.78, 5) is 24.8. The fourth-order valence-corrected chi connectivity index (χ4v) is 4.85. The van der Waals surface area contributed by atoms with Crippen LogP contribution in [0, 0.1) is 41.0 Å². The quantitative estimate of drug-likeness (QED) is 0.0311. The molecule has 1 atom stereocenters. The van der Waals surface area contributed by atoms with Crippen LogP contribution in [0.3, 0.4) is 0 Å². The predicted molar refractivity (Wildman–Crippen MR) is 184 cm³/mol. The lowest BCUT2D eigenvalue weighted by Gasteiger charge is -2.11. The van der Waals surface area contributed by atoms with Gasteiger partial charge in [0, 0.05) is 5.56 Å². The van der Waals surface area contributed by atoms with E-state index in [9.17, 15) is 9.59 Å². The van der Waals surface area contributed by atoms with Gasteiger partial charge in [0.2, 0.25) is 0 Å². The first-order valence-electron chi connectivity index (χ1n) is 16.8. The van der Waals surface area contributed by atoms with Gasteiger partial charge >= 0.3 is 11.9 Å². The third-order valence-electron chi connectivity index (χ3n) is 8.12. The molecule has 4 rings (SSSR count). The summed E-state index contributed by atoms with van der Waals surface area (Å²) in [6.07, 6.45) is 7.49. The molecule has 0 heterocycles. The molecule has 0 aliphatic heterocycles. The second-order valence-corrected chi connectivity index (χ2v) is 12.0. The number of carbonyl (C=O) groups excluding carboxylic acids is 2. The van der Waals surface area contributed by atoms with Gasteiger partial charge in [-0.05, 0) is 78.6 Å². The Hall–Kier alpha value is -5.10. The average molecular weight is 689 g/mol. The van der Waals surface area contributed by atoms with E-state index >= 15 is 17.6 Å². The predicted octanol–water partition coefficient (Wildman–Crippen LogP) is 10.5. The summed E-state index contributed by atoms with van der Waals surface area (Å²) in [5, 5.41) is 0. The zero-order valence-electron chi connectivity index (χ0n) is 28.4. The lowest BCUT2D eigenvalue weighted by Crippen LogP contribution is -2.12. The van der Waals surface area contributed by atoms with Crippen molar-refractivity contribution in [1.29, 1.82) is 0 Å². The number of hydrogen-bond acceptors (Lipinski definition) is 5. The van der Waals surface area contributed by atoms with Gasteiger partial charge in [-0.15, -0.1) is 0 Å². The number of hydrogen-bond donors (Lipinski definition) is 0. The van der Waals surface area contributed by atoms with Gasteiger partial charge in [0.05, 0.1) is 29.9 Å². The van der Waals surface area contributed by atoms with Crippen molar-refractivity contribution < 1.29 is 41.4 Å². The van der Waals surface area contributed by atoms with Gasteiger partial charge in [0.15, 0.2) is 23.3 Å². The zero-order chi connectivity index (χ0) is 36.0. The molecule has 0 bridgehead atoms. The average Bonchev–Trinajstić information content (AvgIpc) is 3.13. The normalized spacial score (nSPS) is 11.3. The number of rotatable bonds is 15. The lowest BCUT2D eigenvalue weighted by atomic mass is 10.0. The SMILES string of the molecule is CCCCCCCCOc1ccc(-c2c(F)c(F)c(C#Cc3ccc(C(=O)Oc4ccc(C(=O)OC[C@H](C)CC)cc4)cc3)c(F)c2F)cc1. The third kappa shape index (κ3) is 10.2. The minimum absolute atomic E-state index is 0.0535. The number of carbonyl (C=O) groups is 2. The van der Waals surface area contributed by atoms with Crippen LogP contribution in [0.5, 0.6) is 11.5 Å². The molecule has 0 saturated heterocycles. The van der Waals surface area contributed by atoms with E-state index in [2.05, 4.69) is 18.8 Å². The minimum atomic E-state index is -1.62. The Morgan fingerprint density at radius 1 is 0.660 bits per heavy atom. The largest absolute Gasteiger partial charge is 0.494 e. The van der Waals surface area contributed by atoms with Crippen LogP contribution in [0.1, 0.15) is 97.6 Å². The number of benzene rings is 4. The van der Waals surface area contributed by atoms with Crippen molar-refractivity contribution in [1.82, 2.24) is 0 Å². The molecule has 0 amide bonds. The molecule has 4 aromatic rings. The van der Waals surface area contributed by atoms with Crippen LogP contribution < -0.4 is 9.47 Å². The fourth-order valence-electron chi connectivity index (χ4n) is 4.85. The van der Waals surface area contributed by atoms with Gasteiger partial charge in [-0.2, -0.15) is 0 Å². The summed E-state index contributed by atoms with van der Waals surface area (Å²) in [5.41, 5.74) is -1.27. The number of unbranched alkanes of at least 4 members (excludes halogenated alkanes) is 5. The Labute approximate surface area is 290 Å². The molecule has 50 heavy (non-hydrogen) atoms. The van der Waals surface area contributed by atoms with E-state index in [4.69, 9.17) is 14.2 Å². The van der Waals surface area contributed by atoms with E-state index in [1.165, 1.54) is 92.1 Å². The molecule has 0 aliphatic rings. The molecule has 4 aromatic carbocycles. The first-order valence-corrected chi connectivity index (χ1v) is 16.8. The van der Waals surface area contributed by atoms with Crippen LogP contribution in [0.2, 0.25) is 0 Å². The topological polar surface area (TPSA) is 61.8 Å². The van der Waals surface area contributed by atoms with E-state index < -0.39 is 46.3 Å². The molecule has 0 aliphatic carbocycles. The molecule has 0 radical (unpaired) electrons. The molecule has 0 N–H and O–H groups in total. The third-order valence-corrected chi connectivity index (χ3v) is 8.12. The first-order chi connectivity index (χ1) is 24.1. The minimum Gasteiger partial charge on any atom is -0.494 e. The van der Waals surface area contributed by atoms with Crippen LogP contribution >= 0.6 is 0 Å². The van der Waals surface area contributed by atoms with Gasteiger partial charge in [0.1, 0.15) is 17.1 Å². The second kappa shape index (κ2) is 18.6. The molecule has 0 unspecified atom stereocenters. The monoisotopic (exact) mass is 688 g/mol. The highest BCUT2D eigenvalue weighted by atomic mass is 19.2. The van der Waals surface area contributed by atoms with Crippen molar-refractivity contribution in [3.63, 3.8) is 0 Å². The van der Waals surface area contributed by atoms with E-state index in [1.807, 2.05) is 13.8 Å². The summed E-state index contributed by atoms with van der Waals surface area (Å²) in [5.74, 6) is -1.97. The van der Waals surface area contributed by atoms with Gasteiger partial charge in [0.25, 0.3) is 0 Å². The molecule has 0 spiro atoms. The van der Waals surface area contributed by atoms with Gasteiger partial charge in [-0.3, -0.25) is 0 Å². The number of esters is 2. The molecule has 9 heteroatoms. The highest BCUT2D eigenvalue weighted by molar-refractivity contribution is 5.92. The number of ether oxygens (including phenoxy) is 3. The van der Waals surface area contributed by atoms with Crippen LogP contribution in [0.4, 0.5) is 17.6 Å². The summed E-state index contributed by atoms with van der Waals surface area (Å²) >= 11 is 0. The first kappa shape index (κ1) is 37.7. The number of halogens is 4. The highest BCUT2D eigenvalue weighted by Crippen LogP contribution is 2.33. The zero-order valence-corrected chi connectivity index (χ0v) is 28.4. The summed E-state index contributed by atoms with van der Waals surface area (Å²) in [7, 11) is 0. The molecule has 5 nitrogen and oxygen atoms in total. The lowest BCUT2D eigenvalue weighted by molar-refractivity contribution is 0.0447. The van der Waals surface area contributed by atoms with Crippen molar-refractivity contribution in [2.24, 2.45) is 5.92 Å². The van der Waals surface area contributed by atoms with Crippen molar-refractivity contribution >= 4 is 11.9 Å². The van der Waals surface area contributed by atoms with Gasteiger partial charge in [-0.25, -0.2) is 27.2 Å². The molecule has 0 aromatic heterocycles. The van der Waals surface area contributed by atoms with Crippen LogP contribution in [-0.2, 0) is 4.74 Å². The van der Waals surface area contributed by atoms with E-state index in [-0.39, 0.29) is 28.4 Å². The molecule has 0 fully saturated rings. The summed E-state index contributed by atoms with van der Waals surface area (Å²) in [6, 6.07) is 17.1. The maximum atomic E-state index is 15.1. The summed E-state index contributed by atoms with van der Waals surface area (Å²) < 4.78 is 76.5.